The van der Waals surface area contributed by atoms with Crippen LogP contribution in [0.1, 0.15) is 53.4 Å². The summed E-state index contributed by atoms with van der Waals surface area (Å²) in [6.07, 6.45) is 9.84. The number of hydrogen-bond donors (Lipinski definition) is 0. The molecular weight excluding hydrogens is 231 g/mol. The predicted octanol–water partition coefficient (Wildman–Crippen LogP) is 4.22. The normalized spacial score (nSPS) is 23.5. The molecule has 1 unspecified atom stereocenters. The quantitative estimate of drug-likeness (QED) is 0.608. The highest BCUT2D eigenvalue weighted by atomic mass is 31.1. The molecule has 0 bridgehead atoms. The maximum Gasteiger partial charge on any atom is 0.163 e. The molecule has 0 N–H and O–H groups in total. The molecule has 2 nitrogen and oxygen atoms in total. The van der Waals surface area contributed by atoms with Crippen molar-refractivity contribution in [2.45, 2.75) is 65.3 Å². The minimum Gasteiger partial charge on any atom is -0.348 e. The summed E-state index contributed by atoms with van der Waals surface area (Å²) in [5.74, 6) is -0.346. The lowest BCUT2D eigenvalue weighted by atomic mass is 10.4. The van der Waals surface area contributed by atoms with Gasteiger partial charge in [0.05, 0.1) is 12.7 Å². The van der Waals surface area contributed by atoms with Crippen molar-refractivity contribution in [1.82, 2.24) is 0 Å². The summed E-state index contributed by atoms with van der Waals surface area (Å²) in [5, 5.41) is 0. The monoisotopic (exact) mass is 260 g/mol. The van der Waals surface area contributed by atoms with E-state index < -0.39 is 0 Å². The van der Waals surface area contributed by atoms with Gasteiger partial charge in [-0.1, -0.05) is 26.7 Å². The highest BCUT2D eigenvalue weighted by Crippen LogP contribution is 2.41. The number of ether oxygens (including phenoxy) is 2. The van der Waals surface area contributed by atoms with E-state index in [1.54, 1.807) is 0 Å². The predicted molar refractivity (Wildman–Crippen MR) is 76.2 cm³/mol. The molecule has 1 aliphatic heterocycles. The molecule has 0 aromatic rings. The van der Waals surface area contributed by atoms with Crippen LogP contribution in [0.5, 0.6) is 0 Å². The summed E-state index contributed by atoms with van der Waals surface area (Å²) in [7, 11) is 0.170. The molecule has 102 valence electrons. The van der Waals surface area contributed by atoms with Crippen LogP contribution in [0, 0.1) is 0 Å². The summed E-state index contributed by atoms with van der Waals surface area (Å²) >= 11 is 0. The molecule has 0 aromatic heterocycles. The zero-order valence-electron chi connectivity index (χ0n) is 12.0. The second-order valence-corrected chi connectivity index (χ2v) is 8.06. The first-order valence-electron chi connectivity index (χ1n) is 7.11. The Morgan fingerprint density at radius 3 is 2.12 bits per heavy atom. The average molecular weight is 260 g/mol. The molecule has 17 heavy (non-hydrogen) atoms. The van der Waals surface area contributed by atoms with E-state index in [1.165, 1.54) is 44.2 Å². The lowest BCUT2D eigenvalue weighted by Gasteiger charge is -2.22. The molecular formula is C14H29O2P. The number of rotatable bonds is 8. The van der Waals surface area contributed by atoms with E-state index in [0.29, 0.717) is 6.10 Å². The van der Waals surface area contributed by atoms with Crippen molar-refractivity contribution in [2.75, 3.05) is 25.1 Å². The minimum absolute atomic E-state index is 0.170. The van der Waals surface area contributed by atoms with Crippen LogP contribution in [0.3, 0.4) is 0 Å². The summed E-state index contributed by atoms with van der Waals surface area (Å²) < 4.78 is 11.6. The third-order valence-electron chi connectivity index (χ3n) is 3.18. The molecule has 1 fully saturated rings. The van der Waals surface area contributed by atoms with Crippen LogP contribution in [-0.2, 0) is 9.47 Å². The van der Waals surface area contributed by atoms with E-state index in [-0.39, 0.29) is 13.7 Å². The van der Waals surface area contributed by atoms with Crippen molar-refractivity contribution >= 4 is 7.92 Å². The van der Waals surface area contributed by atoms with Crippen LogP contribution < -0.4 is 0 Å². The lowest BCUT2D eigenvalue weighted by Crippen LogP contribution is -2.23. The van der Waals surface area contributed by atoms with Gasteiger partial charge in [0.25, 0.3) is 0 Å². The van der Waals surface area contributed by atoms with Gasteiger partial charge in [-0.3, -0.25) is 0 Å². The van der Waals surface area contributed by atoms with Gasteiger partial charge >= 0.3 is 0 Å². The molecule has 3 heteroatoms. The standard InChI is InChI=1S/C14H29O2P/c1-5-7-9-17(10-8-6-2)12-13-11-15-14(3,4)16-13/h13H,5-12H2,1-4H3. The van der Waals surface area contributed by atoms with Gasteiger partial charge in [0, 0.05) is 0 Å². The van der Waals surface area contributed by atoms with Gasteiger partial charge in [-0.25, -0.2) is 0 Å². The molecule has 1 aliphatic rings. The Labute approximate surface area is 108 Å². The van der Waals surface area contributed by atoms with Crippen molar-refractivity contribution in [3.63, 3.8) is 0 Å². The fraction of sp³-hybridized carbons (Fsp3) is 1.00. The van der Waals surface area contributed by atoms with E-state index in [4.69, 9.17) is 9.47 Å². The Kier molecular flexibility index (Phi) is 6.99. The average Bonchev–Trinajstić information content (AvgIpc) is 2.62. The van der Waals surface area contributed by atoms with E-state index in [0.717, 1.165) is 6.61 Å². The topological polar surface area (TPSA) is 18.5 Å². The van der Waals surface area contributed by atoms with E-state index in [1.807, 2.05) is 13.8 Å². The lowest BCUT2D eigenvalue weighted by molar-refractivity contribution is -0.135. The van der Waals surface area contributed by atoms with E-state index in [2.05, 4.69) is 13.8 Å². The molecule has 0 spiro atoms. The van der Waals surface area contributed by atoms with E-state index >= 15 is 0 Å². The number of unbranched alkanes of at least 4 members (excludes halogenated alkanes) is 2. The summed E-state index contributed by atoms with van der Waals surface area (Å²) in [6, 6.07) is 0. The smallest absolute Gasteiger partial charge is 0.163 e. The summed E-state index contributed by atoms with van der Waals surface area (Å²) in [6.45, 7) is 9.40. The van der Waals surface area contributed by atoms with Gasteiger partial charge in [0.15, 0.2) is 5.79 Å². The molecule has 0 radical (unpaired) electrons. The van der Waals surface area contributed by atoms with Crippen molar-refractivity contribution in [3.05, 3.63) is 0 Å². The van der Waals surface area contributed by atoms with Gasteiger partial charge in [-0.15, -0.1) is 7.92 Å². The Morgan fingerprint density at radius 2 is 1.71 bits per heavy atom. The summed E-state index contributed by atoms with van der Waals surface area (Å²) in [4.78, 5) is 0. The maximum atomic E-state index is 5.93. The van der Waals surface area contributed by atoms with Crippen molar-refractivity contribution in [3.8, 4) is 0 Å². The van der Waals surface area contributed by atoms with Crippen molar-refractivity contribution in [2.24, 2.45) is 0 Å². The third kappa shape index (κ3) is 6.18. The highest BCUT2D eigenvalue weighted by molar-refractivity contribution is 7.57. The van der Waals surface area contributed by atoms with Gasteiger partial charge in [0.1, 0.15) is 0 Å². The van der Waals surface area contributed by atoms with Crippen LogP contribution in [0.2, 0.25) is 0 Å². The van der Waals surface area contributed by atoms with Crippen LogP contribution in [-0.4, -0.2) is 37.0 Å². The first kappa shape index (κ1) is 15.4. The second-order valence-electron chi connectivity index (χ2n) is 5.46. The molecule has 1 atom stereocenters. The number of hydrogen-bond acceptors (Lipinski definition) is 2. The Bertz CT molecular complexity index is 198. The molecule has 0 aliphatic carbocycles. The molecule has 1 heterocycles. The van der Waals surface area contributed by atoms with Gasteiger partial charge in [-0.2, -0.15) is 0 Å². The van der Waals surface area contributed by atoms with Gasteiger partial charge in [-0.05, 0) is 45.2 Å². The Morgan fingerprint density at radius 1 is 1.12 bits per heavy atom. The Balaban J connectivity index is 2.31. The van der Waals surface area contributed by atoms with Crippen molar-refractivity contribution < 1.29 is 9.47 Å². The van der Waals surface area contributed by atoms with Crippen LogP contribution >= 0.6 is 7.92 Å². The first-order chi connectivity index (χ1) is 8.07. The fourth-order valence-electron chi connectivity index (χ4n) is 2.20. The van der Waals surface area contributed by atoms with Gasteiger partial charge in [0.2, 0.25) is 0 Å². The minimum atomic E-state index is -0.346. The van der Waals surface area contributed by atoms with Crippen LogP contribution in [0.4, 0.5) is 0 Å². The zero-order valence-corrected chi connectivity index (χ0v) is 12.9. The molecule has 1 rings (SSSR count). The summed E-state index contributed by atoms with van der Waals surface area (Å²) in [5.41, 5.74) is 0. The largest absolute Gasteiger partial charge is 0.348 e. The molecule has 0 amide bonds. The van der Waals surface area contributed by atoms with Crippen molar-refractivity contribution in [1.29, 1.82) is 0 Å². The van der Waals surface area contributed by atoms with Crippen LogP contribution in [0.15, 0.2) is 0 Å². The molecule has 1 saturated heterocycles. The van der Waals surface area contributed by atoms with Crippen LogP contribution in [0.25, 0.3) is 0 Å². The highest BCUT2D eigenvalue weighted by Gasteiger charge is 2.33. The fourth-order valence-corrected chi connectivity index (χ4v) is 5.07. The second kappa shape index (κ2) is 7.71. The molecule has 0 saturated carbocycles. The third-order valence-corrected chi connectivity index (χ3v) is 6.01. The first-order valence-corrected chi connectivity index (χ1v) is 9.01. The maximum absolute atomic E-state index is 5.93. The van der Waals surface area contributed by atoms with Gasteiger partial charge < -0.3 is 9.47 Å². The van der Waals surface area contributed by atoms with E-state index in [9.17, 15) is 0 Å². The molecule has 0 aromatic carbocycles. The SMILES string of the molecule is CCCCP(CCCC)CC1COC(C)(C)O1. The Hall–Kier alpha value is 0.350. The zero-order chi connectivity index (χ0) is 12.7.